The quantitative estimate of drug-likeness (QED) is 0.882. The van der Waals surface area contributed by atoms with E-state index in [-0.39, 0.29) is 0 Å². The average molecular weight is 285 g/mol. The maximum absolute atomic E-state index is 11.6. The summed E-state index contributed by atoms with van der Waals surface area (Å²) in [5, 5.41) is 10.2. The highest BCUT2D eigenvalue weighted by atomic mass is 16.4. The first-order chi connectivity index (χ1) is 10.2. The second kappa shape index (κ2) is 4.88. The lowest BCUT2D eigenvalue weighted by Crippen LogP contribution is -2.28. The molecule has 0 aliphatic heterocycles. The fraction of sp³-hybridized carbons (Fsp3) is 0.471. The van der Waals surface area contributed by atoms with E-state index in [0.29, 0.717) is 34.9 Å². The number of benzene rings is 1. The van der Waals surface area contributed by atoms with Crippen LogP contribution in [0.3, 0.4) is 0 Å². The van der Waals surface area contributed by atoms with Crippen molar-refractivity contribution < 1.29 is 14.3 Å². The molecule has 4 nitrogen and oxygen atoms in total. The summed E-state index contributed by atoms with van der Waals surface area (Å²) in [5.74, 6) is 0.525. The fourth-order valence-electron chi connectivity index (χ4n) is 3.04. The Labute approximate surface area is 123 Å². The van der Waals surface area contributed by atoms with E-state index in [9.17, 15) is 9.90 Å². The lowest BCUT2D eigenvalue weighted by atomic mass is 10.1. The van der Waals surface area contributed by atoms with Gasteiger partial charge in [-0.05, 0) is 37.7 Å². The minimum Gasteiger partial charge on any atom is -0.478 e. The van der Waals surface area contributed by atoms with Gasteiger partial charge in [-0.2, -0.15) is 0 Å². The summed E-state index contributed by atoms with van der Waals surface area (Å²) < 4.78 is 5.85. The molecule has 2 aromatic rings. The first kappa shape index (κ1) is 12.9. The van der Waals surface area contributed by atoms with Crippen LogP contribution in [-0.4, -0.2) is 28.6 Å². The SMILES string of the molecule is O=C(O)c1c(CN(CC2CC2)C2CC2)oc2ccccc12. The lowest BCUT2D eigenvalue weighted by molar-refractivity contribution is 0.0694. The highest BCUT2D eigenvalue weighted by Gasteiger charge is 2.35. The Morgan fingerprint density at radius 3 is 2.67 bits per heavy atom. The number of rotatable bonds is 6. The van der Waals surface area contributed by atoms with E-state index in [1.165, 1.54) is 25.7 Å². The lowest BCUT2D eigenvalue weighted by Gasteiger charge is -2.20. The third-order valence-corrected chi connectivity index (χ3v) is 4.48. The van der Waals surface area contributed by atoms with Crippen LogP contribution in [-0.2, 0) is 6.54 Å². The summed E-state index contributed by atoms with van der Waals surface area (Å²) in [7, 11) is 0. The van der Waals surface area contributed by atoms with Gasteiger partial charge in [0.2, 0.25) is 0 Å². The summed E-state index contributed by atoms with van der Waals surface area (Å²) in [6, 6.07) is 8.03. The third kappa shape index (κ3) is 2.56. The third-order valence-electron chi connectivity index (χ3n) is 4.48. The molecule has 0 amide bonds. The number of carbonyl (C=O) groups is 1. The van der Waals surface area contributed by atoms with E-state index < -0.39 is 5.97 Å². The first-order valence-corrected chi connectivity index (χ1v) is 7.70. The molecule has 0 spiro atoms. The Hall–Kier alpha value is -1.81. The molecule has 21 heavy (non-hydrogen) atoms. The van der Waals surface area contributed by atoms with E-state index >= 15 is 0 Å². The Bertz CT molecular complexity index is 682. The molecule has 0 radical (unpaired) electrons. The number of hydrogen-bond acceptors (Lipinski definition) is 3. The Balaban J connectivity index is 1.67. The van der Waals surface area contributed by atoms with Gasteiger partial charge in [-0.3, -0.25) is 4.90 Å². The van der Waals surface area contributed by atoms with Crippen molar-refractivity contribution in [3.63, 3.8) is 0 Å². The number of para-hydroxylation sites is 1. The zero-order valence-electron chi connectivity index (χ0n) is 11.9. The van der Waals surface area contributed by atoms with Gasteiger partial charge in [0.15, 0.2) is 0 Å². The Kier molecular flexibility index (Phi) is 3.00. The van der Waals surface area contributed by atoms with Crippen molar-refractivity contribution in [1.82, 2.24) is 4.90 Å². The van der Waals surface area contributed by atoms with Gasteiger partial charge in [-0.15, -0.1) is 0 Å². The van der Waals surface area contributed by atoms with Crippen molar-refractivity contribution in [2.24, 2.45) is 5.92 Å². The van der Waals surface area contributed by atoms with Crippen molar-refractivity contribution in [2.45, 2.75) is 38.3 Å². The van der Waals surface area contributed by atoms with E-state index in [2.05, 4.69) is 4.90 Å². The number of carboxylic acids is 1. The van der Waals surface area contributed by atoms with E-state index in [1.807, 2.05) is 24.3 Å². The minimum absolute atomic E-state index is 0.340. The van der Waals surface area contributed by atoms with Gasteiger partial charge < -0.3 is 9.52 Å². The molecule has 0 atom stereocenters. The smallest absolute Gasteiger partial charge is 0.339 e. The van der Waals surface area contributed by atoms with Crippen LogP contribution in [0.5, 0.6) is 0 Å². The molecule has 2 fully saturated rings. The van der Waals surface area contributed by atoms with Gasteiger partial charge in [-0.1, -0.05) is 18.2 Å². The largest absolute Gasteiger partial charge is 0.478 e. The predicted octanol–water partition coefficient (Wildman–Crippen LogP) is 3.51. The molecule has 1 N–H and O–H groups in total. The number of aromatic carboxylic acids is 1. The van der Waals surface area contributed by atoms with E-state index in [4.69, 9.17) is 4.42 Å². The Morgan fingerprint density at radius 2 is 2.00 bits per heavy atom. The number of fused-ring (bicyclic) bond motifs is 1. The van der Waals surface area contributed by atoms with Crippen LogP contribution in [0.2, 0.25) is 0 Å². The minimum atomic E-state index is -0.892. The van der Waals surface area contributed by atoms with Crippen LogP contribution in [0.25, 0.3) is 11.0 Å². The molecule has 0 bridgehead atoms. The summed E-state index contributed by atoms with van der Waals surface area (Å²) in [4.78, 5) is 14.0. The predicted molar refractivity (Wildman–Crippen MR) is 79.3 cm³/mol. The number of furan rings is 1. The zero-order chi connectivity index (χ0) is 14.4. The number of carboxylic acid groups (broad SMARTS) is 1. The van der Waals surface area contributed by atoms with Gasteiger partial charge in [-0.25, -0.2) is 4.79 Å². The summed E-state index contributed by atoms with van der Waals surface area (Å²) in [6.07, 6.45) is 5.09. The number of nitrogens with zero attached hydrogens (tertiary/aromatic N) is 1. The molecule has 1 heterocycles. The monoisotopic (exact) mass is 285 g/mol. The topological polar surface area (TPSA) is 53.7 Å². The molecule has 2 aliphatic carbocycles. The van der Waals surface area contributed by atoms with Crippen molar-refractivity contribution >= 4 is 16.9 Å². The van der Waals surface area contributed by atoms with Crippen LogP contribution < -0.4 is 0 Å². The van der Waals surface area contributed by atoms with Crippen molar-refractivity contribution in [3.05, 3.63) is 35.6 Å². The van der Waals surface area contributed by atoms with Gasteiger partial charge in [0.25, 0.3) is 0 Å². The van der Waals surface area contributed by atoms with Crippen LogP contribution in [0.1, 0.15) is 41.8 Å². The molecule has 0 unspecified atom stereocenters. The summed E-state index contributed by atoms with van der Waals surface area (Å²) in [5.41, 5.74) is 1.01. The van der Waals surface area contributed by atoms with Gasteiger partial charge in [0.1, 0.15) is 16.9 Å². The summed E-state index contributed by atoms with van der Waals surface area (Å²) in [6.45, 7) is 1.71. The van der Waals surface area contributed by atoms with Gasteiger partial charge >= 0.3 is 5.97 Å². The molecule has 110 valence electrons. The molecule has 4 rings (SSSR count). The Morgan fingerprint density at radius 1 is 1.24 bits per heavy atom. The van der Waals surface area contributed by atoms with E-state index in [0.717, 1.165) is 12.5 Å². The second-order valence-corrected chi connectivity index (χ2v) is 6.31. The molecular formula is C17H19NO3. The van der Waals surface area contributed by atoms with Crippen LogP contribution in [0.4, 0.5) is 0 Å². The highest BCUT2D eigenvalue weighted by Crippen LogP contribution is 2.37. The van der Waals surface area contributed by atoms with Crippen LogP contribution >= 0.6 is 0 Å². The molecule has 2 saturated carbocycles. The van der Waals surface area contributed by atoms with Gasteiger partial charge in [0.05, 0.1) is 6.54 Å². The molecule has 0 saturated heterocycles. The van der Waals surface area contributed by atoms with Crippen LogP contribution in [0, 0.1) is 5.92 Å². The molecule has 2 aliphatic rings. The maximum atomic E-state index is 11.6. The standard InChI is InChI=1S/C17H19NO3/c19-17(20)16-13-3-1-2-4-14(13)21-15(16)10-18(12-7-8-12)9-11-5-6-11/h1-4,11-12H,5-10H2,(H,19,20). The first-order valence-electron chi connectivity index (χ1n) is 7.70. The normalized spacial score (nSPS) is 18.5. The van der Waals surface area contributed by atoms with Crippen molar-refractivity contribution in [1.29, 1.82) is 0 Å². The zero-order valence-corrected chi connectivity index (χ0v) is 11.9. The van der Waals surface area contributed by atoms with Crippen molar-refractivity contribution in [2.75, 3.05) is 6.54 Å². The highest BCUT2D eigenvalue weighted by molar-refractivity contribution is 6.03. The summed E-state index contributed by atoms with van der Waals surface area (Å²) >= 11 is 0. The molecule has 1 aromatic carbocycles. The average Bonchev–Trinajstić information content (AvgIpc) is 3.34. The molecular weight excluding hydrogens is 266 g/mol. The maximum Gasteiger partial charge on any atom is 0.339 e. The molecule has 4 heteroatoms. The van der Waals surface area contributed by atoms with Crippen LogP contribution in [0.15, 0.2) is 28.7 Å². The van der Waals surface area contributed by atoms with Gasteiger partial charge in [0, 0.05) is 18.0 Å². The fourth-order valence-corrected chi connectivity index (χ4v) is 3.04. The van der Waals surface area contributed by atoms with E-state index in [1.54, 1.807) is 0 Å². The number of hydrogen-bond donors (Lipinski definition) is 1. The molecule has 1 aromatic heterocycles. The van der Waals surface area contributed by atoms with Crippen molar-refractivity contribution in [3.8, 4) is 0 Å². The second-order valence-electron chi connectivity index (χ2n) is 6.31.